The minimum Gasteiger partial charge on any atom is -0.394 e. The highest BCUT2D eigenvalue weighted by Gasteiger charge is 2.35. The summed E-state index contributed by atoms with van der Waals surface area (Å²) in [5, 5.41) is 8.42. The predicted molar refractivity (Wildman–Crippen MR) is 67.9 cm³/mol. The number of aliphatic hydroxyl groups excluding tert-OH is 1. The average molecular weight is 332 g/mol. The van der Waals surface area contributed by atoms with Crippen molar-refractivity contribution in [3.05, 3.63) is 28.8 Å². The summed E-state index contributed by atoms with van der Waals surface area (Å²) in [6.07, 6.45) is -4.75. The van der Waals surface area contributed by atoms with Crippen molar-refractivity contribution in [2.75, 3.05) is 6.61 Å². The standard InChI is InChI=1S/C11H13ClF3NO3S/c1-10(2,6-17)16-20(18,19)7-3-4-9(12)8(5-7)11(13,14)15/h3-5,16-17H,6H2,1-2H3. The molecule has 1 aromatic carbocycles. The molecule has 0 amide bonds. The van der Waals surface area contributed by atoms with Crippen LogP contribution in [0.5, 0.6) is 0 Å². The Morgan fingerprint density at radius 2 is 1.85 bits per heavy atom. The lowest BCUT2D eigenvalue weighted by Crippen LogP contribution is -2.46. The molecule has 0 spiro atoms. The molecule has 0 heterocycles. The second-order valence-electron chi connectivity index (χ2n) is 4.79. The molecule has 114 valence electrons. The number of hydrogen-bond acceptors (Lipinski definition) is 3. The van der Waals surface area contributed by atoms with Gasteiger partial charge in [0.05, 0.1) is 27.6 Å². The van der Waals surface area contributed by atoms with E-state index in [0.717, 1.165) is 12.1 Å². The molecule has 9 heteroatoms. The maximum absolute atomic E-state index is 12.7. The first-order valence-electron chi connectivity index (χ1n) is 5.41. The molecule has 0 aliphatic heterocycles. The van der Waals surface area contributed by atoms with Crippen LogP contribution in [0.25, 0.3) is 0 Å². The first kappa shape index (κ1) is 17.2. The molecule has 1 rings (SSSR count). The summed E-state index contributed by atoms with van der Waals surface area (Å²) in [5.41, 5.74) is -2.43. The quantitative estimate of drug-likeness (QED) is 0.890. The smallest absolute Gasteiger partial charge is 0.394 e. The number of benzene rings is 1. The van der Waals surface area contributed by atoms with E-state index >= 15 is 0 Å². The molecule has 20 heavy (non-hydrogen) atoms. The van der Waals surface area contributed by atoms with E-state index in [4.69, 9.17) is 16.7 Å². The Labute approximate surface area is 119 Å². The van der Waals surface area contributed by atoms with Crippen LogP contribution < -0.4 is 4.72 Å². The van der Waals surface area contributed by atoms with Gasteiger partial charge in [-0.25, -0.2) is 13.1 Å². The van der Waals surface area contributed by atoms with Crippen molar-refractivity contribution in [1.82, 2.24) is 4.72 Å². The molecule has 0 aliphatic carbocycles. The van der Waals surface area contributed by atoms with E-state index in [1.165, 1.54) is 13.8 Å². The zero-order valence-corrected chi connectivity index (χ0v) is 12.2. The molecule has 0 saturated heterocycles. The van der Waals surface area contributed by atoms with Gasteiger partial charge in [0.2, 0.25) is 10.0 Å². The minimum atomic E-state index is -4.75. The summed E-state index contributed by atoms with van der Waals surface area (Å²) < 4.78 is 64.1. The Morgan fingerprint density at radius 3 is 2.30 bits per heavy atom. The lowest BCUT2D eigenvalue weighted by molar-refractivity contribution is -0.137. The third-order valence-corrected chi connectivity index (χ3v) is 4.38. The van der Waals surface area contributed by atoms with Crippen molar-refractivity contribution in [3.8, 4) is 0 Å². The Bertz CT molecular complexity index is 599. The van der Waals surface area contributed by atoms with Crippen molar-refractivity contribution < 1.29 is 26.7 Å². The molecule has 4 nitrogen and oxygen atoms in total. The molecule has 0 radical (unpaired) electrons. The number of aliphatic hydroxyl groups is 1. The fraction of sp³-hybridized carbons (Fsp3) is 0.455. The minimum absolute atomic E-state index is 0.456. The number of sulfonamides is 1. The molecular formula is C11H13ClF3NO3S. The summed E-state index contributed by atoms with van der Waals surface area (Å²) >= 11 is 5.42. The summed E-state index contributed by atoms with van der Waals surface area (Å²) in [7, 11) is -4.20. The monoisotopic (exact) mass is 331 g/mol. The topological polar surface area (TPSA) is 66.4 Å². The molecule has 2 N–H and O–H groups in total. The van der Waals surface area contributed by atoms with Gasteiger partial charge in [-0.2, -0.15) is 13.2 Å². The van der Waals surface area contributed by atoms with E-state index in [1.54, 1.807) is 0 Å². The van der Waals surface area contributed by atoms with Crippen LogP contribution in [0.1, 0.15) is 19.4 Å². The fourth-order valence-corrected chi connectivity index (χ4v) is 3.00. The van der Waals surface area contributed by atoms with Crippen molar-refractivity contribution in [3.63, 3.8) is 0 Å². The largest absolute Gasteiger partial charge is 0.417 e. The maximum atomic E-state index is 12.7. The highest BCUT2D eigenvalue weighted by Crippen LogP contribution is 2.36. The summed E-state index contributed by atoms with van der Waals surface area (Å²) in [6, 6.07) is 2.29. The summed E-state index contributed by atoms with van der Waals surface area (Å²) in [5.74, 6) is 0. The fourth-order valence-electron chi connectivity index (χ4n) is 1.34. The average Bonchev–Trinajstić information content (AvgIpc) is 2.26. The SMILES string of the molecule is CC(C)(CO)NS(=O)(=O)c1ccc(Cl)c(C(F)(F)F)c1. The number of alkyl halides is 3. The molecule has 0 saturated carbocycles. The van der Waals surface area contributed by atoms with Gasteiger partial charge in [-0.15, -0.1) is 0 Å². The number of halogens is 4. The molecule has 0 aromatic heterocycles. The zero-order valence-electron chi connectivity index (χ0n) is 10.6. The first-order chi connectivity index (χ1) is 8.89. The maximum Gasteiger partial charge on any atom is 0.417 e. The molecule has 1 aromatic rings. The lowest BCUT2D eigenvalue weighted by Gasteiger charge is -2.23. The normalized spacial score (nSPS) is 13.6. The Kier molecular flexibility index (Phi) is 4.75. The third-order valence-electron chi connectivity index (χ3n) is 2.36. The number of rotatable bonds is 4. The van der Waals surface area contributed by atoms with Crippen molar-refractivity contribution in [2.24, 2.45) is 0 Å². The van der Waals surface area contributed by atoms with E-state index in [-0.39, 0.29) is 0 Å². The van der Waals surface area contributed by atoms with Crippen LogP contribution in [0.2, 0.25) is 5.02 Å². The second-order valence-corrected chi connectivity index (χ2v) is 6.88. The van der Waals surface area contributed by atoms with Gasteiger partial charge in [0.25, 0.3) is 0 Å². The Balaban J connectivity index is 3.28. The van der Waals surface area contributed by atoms with Crippen molar-refractivity contribution >= 4 is 21.6 Å². The Hall–Kier alpha value is -0.830. The van der Waals surface area contributed by atoms with Crippen LogP contribution in [0, 0.1) is 0 Å². The van der Waals surface area contributed by atoms with Gasteiger partial charge in [-0.3, -0.25) is 0 Å². The van der Waals surface area contributed by atoms with Crippen molar-refractivity contribution in [1.29, 1.82) is 0 Å². The van der Waals surface area contributed by atoms with Gasteiger partial charge in [-0.05, 0) is 32.0 Å². The van der Waals surface area contributed by atoms with Gasteiger partial charge in [0, 0.05) is 0 Å². The van der Waals surface area contributed by atoms with Gasteiger partial charge in [0.1, 0.15) is 0 Å². The zero-order chi connectivity index (χ0) is 15.8. The van der Waals surface area contributed by atoms with Crippen LogP contribution >= 0.6 is 11.6 Å². The van der Waals surface area contributed by atoms with Crippen LogP contribution in [0.15, 0.2) is 23.1 Å². The molecular weight excluding hydrogens is 319 g/mol. The predicted octanol–water partition coefficient (Wildman–Crippen LogP) is 2.41. The molecule has 0 bridgehead atoms. The van der Waals surface area contributed by atoms with Gasteiger partial charge >= 0.3 is 6.18 Å². The molecule has 0 atom stereocenters. The van der Waals surface area contributed by atoms with Crippen LogP contribution in [-0.4, -0.2) is 25.7 Å². The van der Waals surface area contributed by atoms with Crippen LogP contribution in [-0.2, 0) is 16.2 Å². The molecule has 0 unspecified atom stereocenters. The van der Waals surface area contributed by atoms with Crippen LogP contribution in [0.3, 0.4) is 0 Å². The van der Waals surface area contributed by atoms with E-state index in [9.17, 15) is 21.6 Å². The number of nitrogens with one attached hydrogen (secondary N) is 1. The highest BCUT2D eigenvalue weighted by molar-refractivity contribution is 7.89. The third kappa shape index (κ3) is 4.08. The molecule has 0 fully saturated rings. The van der Waals surface area contributed by atoms with E-state index in [0.29, 0.717) is 6.07 Å². The van der Waals surface area contributed by atoms with Gasteiger partial charge in [0.15, 0.2) is 0 Å². The first-order valence-corrected chi connectivity index (χ1v) is 7.27. The van der Waals surface area contributed by atoms with E-state index < -0.39 is 43.8 Å². The Morgan fingerprint density at radius 1 is 1.30 bits per heavy atom. The second kappa shape index (κ2) is 5.51. The van der Waals surface area contributed by atoms with Crippen LogP contribution in [0.4, 0.5) is 13.2 Å². The highest BCUT2D eigenvalue weighted by atomic mass is 35.5. The van der Waals surface area contributed by atoms with Crippen molar-refractivity contribution in [2.45, 2.75) is 30.5 Å². The van der Waals surface area contributed by atoms with Gasteiger partial charge in [-0.1, -0.05) is 11.6 Å². The van der Waals surface area contributed by atoms with E-state index in [2.05, 4.69) is 4.72 Å². The lowest BCUT2D eigenvalue weighted by atomic mass is 10.1. The summed E-state index contributed by atoms with van der Waals surface area (Å²) in [6.45, 7) is 2.28. The summed E-state index contributed by atoms with van der Waals surface area (Å²) in [4.78, 5) is -0.573. The van der Waals surface area contributed by atoms with E-state index in [1.807, 2.05) is 0 Å². The molecule has 0 aliphatic rings. The van der Waals surface area contributed by atoms with Gasteiger partial charge < -0.3 is 5.11 Å². The number of hydrogen-bond donors (Lipinski definition) is 2.